The molecule has 1 aromatic carbocycles. The first kappa shape index (κ1) is 10.3. The molecule has 0 unspecified atom stereocenters. The summed E-state index contributed by atoms with van der Waals surface area (Å²) in [4.78, 5) is 7.71. The highest BCUT2D eigenvalue weighted by Crippen LogP contribution is 2.24. The summed E-state index contributed by atoms with van der Waals surface area (Å²) in [6, 6.07) is 7.62. The molecule has 3 aromatic rings. The zero-order valence-corrected chi connectivity index (χ0v) is 9.83. The maximum Gasteiger partial charge on any atom is 0.166 e. The predicted octanol–water partition coefficient (Wildman–Crippen LogP) is 3.03. The Morgan fingerprint density at radius 1 is 1.35 bits per heavy atom. The van der Waals surface area contributed by atoms with Gasteiger partial charge in [-0.1, -0.05) is 11.8 Å². The van der Waals surface area contributed by atoms with Crippen LogP contribution in [0.2, 0.25) is 0 Å². The van der Waals surface area contributed by atoms with Crippen LogP contribution in [0.15, 0.2) is 46.4 Å². The highest BCUT2D eigenvalue weighted by atomic mass is 32.2. The number of anilines is 1. The Bertz CT molecular complexity index is 630. The molecule has 86 valence electrons. The van der Waals surface area contributed by atoms with E-state index in [1.165, 1.54) is 0 Å². The summed E-state index contributed by atoms with van der Waals surface area (Å²) in [6.07, 6.45) is 3.42. The molecule has 0 aliphatic heterocycles. The maximum absolute atomic E-state index is 5.72. The van der Waals surface area contributed by atoms with Crippen LogP contribution < -0.4 is 5.73 Å². The van der Waals surface area contributed by atoms with E-state index in [-0.39, 0.29) is 0 Å². The number of thioether (sulfide) groups is 1. The minimum Gasteiger partial charge on any atom is -0.472 e. The van der Waals surface area contributed by atoms with Crippen molar-refractivity contribution in [1.82, 2.24) is 9.97 Å². The predicted molar refractivity (Wildman–Crippen MR) is 68.8 cm³/mol. The fourth-order valence-corrected chi connectivity index (χ4v) is 2.41. The van der Waals surface area contributed by atoms with Gasteiger partial charge in [0.15, 0.2) is 5.16 Å². The van der Waals surface area contributed by atoms with E-state index in [9.17, 15) is 0 Å². The molecule has 0 spiro atoms. The van der Waals surface area contributed by atoms with Crippen molar-refractivity contribution in [2.24, 2.45) is 0 Å². The number of imidazole rings is 1. The van der Waals surface area contributed by atoms with Gasteiger partial charge in [0.2, 0.25) is 0 Å². The Labute approximate surface area is 102 Å². The molecule has 3 rings (SSSR count). The molecule has 0 saturated heterocycles. The largest absolute Gasteiger partial charge is 0.472 e. The fourth-order valence-electron chi connectivity index (χ4n) is 1.60. The quantitative estimate of drug-likeness (QED) is 0.549. The summed E-state index contributed by atoms with van der Waals surface area (Å²) >= 11 is 1.64. The first-order valence-corrected chi connectivity index (χ1v) is 6.19. The second-order valence-electron chi connectivity index (χ2n) is 3.74. The minimum absolute atomic E-state index is 0.743. The van der Waals surface area contributed by atoms with Gasteiger partial charge in [0.1, 0.15) is 0 Å². The molecular weight excluding hydrogens is 234 g/mol. The molecular formula is C12H11N3OS. The van der Waals surface area contributed by atoms with Gasteiger partial charge in [0, 0.05) is 17.0 Å². The van der Waals surface area contributed by atoms with Gasteiger partial charge in [-0.2, -0.15) is 0 Å². The zero-order valence-electron chi connectivity index (χ0n) is 9.01. The molecule has 0 radical (unpaired) electrons. The first-order chi connectivity index (χ1) is 8.31. The summed E-state index contributed by atoms with van der Waals surface area (Å²) in [5.41, 5.74) is 9.52. The summed E-state index contributed by atoms with van der Waals surface area (Å²) in [5.74, 6) is 0.839. The van der Waals surface area contributed by atoms with Crippen LogP contribution in [0.3, 0.4) is 0 Å². The van der Waals surface area contributed by atoms with E-state index < -0.39 is 0 Å². The lowest BCUT2D eigenvalue weighted by Gasteiger charge is -1.92. The van der Waals surface area contributed by atoms with E-state index in [1.807, 2.05) is 24.3 Å². The number of hydrogen-bond donors (Lipinski definition) is 2. The lowest BCUT2D eigenvalue weighted by molar-refractivity contribution is 0.565. The average molecular weight is 245 g/mol. The van der Waals surface area contributed by atoms with Gasteiger partial charge in [0.25, 0.3) is 0 Å². The number of aromatic nitrogens is 2. The normalized spacial score (nSPS) is 11.1. The van der Waals surface area contributed by atoms with Gasteiger partial charge in [-0.05, 0) is 24.3 Å². The minimum atomic E-state index is 0.743. The summed E-state index contributed by atoms with van der Waals surface area (Å²) in [6.45, 7) is 0. The van der Waals surface area contributed by atoms with E-state index in [2.05, 4.69) is 9.97 Å². The van der Waals surface area contributed by atoms with Gasteiger partial charge in [-0.3, -0.25) is 0 Å². The highest BCUT2D eigenvalue weighted by molar-refractivity contribution is 7.98. The number of H-pyrrole nitrogens is 1. The number of nitrogens with one attached hydrogen (secondary N) is 1. The van der Waals surface area contributed by atoms with E-state index in [0.29, 0.717) is 0 Å². The third-order valence-electron chi connectivity index (χ3n) is 2.44. The molecule has 0 aliphatic carbocycles. The molecule has 0 aliphatic rings. The van der Waals surface area contributed by atoms with Crippen LogP contribution in [0.4, 0.5) is 5.69 Å². The zero-order chi connectivity index (χ0) is 11.7. The van der Waals surface area contributed by atoms with Gasteiger partial charge in [-0.25, -0.2) is 4.98 Å². The molecule has 5 heteroatoms. The Kier molecular flexibility index (Phi) is 2.53. The molecule has 3 N–H and O–H groups in total. The third kappa shape index (κ3) is 2.14. The molecule has 17 heavy (non-hydrogen) atoms. The smallest absolute Gasteiger partial charge is 0.166 e. The number of rotatable bonds is 3. The number of benzene rings is 1. The van der Waals surface area contributed by atoms with Crippen LogP contribution in [0.1, 0.15) is 5.56 Å². The highest BCUT2D eigenvalue weighted by Gasteiger charge is 2.04. The standard InChI is InChI=1S/C12H11N3OS/c13-9-1-2-10-11(5-9)15-12(14-10)17-7-8-3-4-16-6-8/h1-6H,7,13H2,(H,14,15). The molecule has 0 fully saturated rings. The van der Waals surface area contributed by atoms with Crippen molar-refractivity contribution in [3.05, 3.63) is 42.4 Å². The van der Waals surface area contributed by atoms with E-state index in [1.54, 1.807) is 24.3 Å². The van der Waals surface area contributed by atoms with Gasteiger partial charge in [-0.15, -0.1) is 0 Å². The van der Waals surface area contributed by atoms with Crippen molar-refractivity contribution < 1.29 is 4.42 Å². The Balaban J connectivity index is 1.81. The topological polar surface area (TPSA) is 67.8 Å². The van der Waals surface area contributed by atoms with E-state index >= 15 is 0 Å². The van der Waals surface area contributed by atoms with Crippen LogP contribution >= 0.6 is 11.8 Å². The lowest BCUT2D eigenvalue weighted by Crippen LogP contribution is -1.82. The summed E-state index contributed by atoms with van der Waals surface area (Å²) < 4.78 is 5.02. The van der Waals surface area contributed by atoms with Crippen LogP contribution in [0, 0.1) is 0 Å². The third-order valence-corrected chi connectivity index (χ3v) is 3.38. The first-order valence-electron chi connectivity index (χ1n) is 5.20. The SMILES string of the molecule is Nc1ccc2nc(SCc3ccoc3)[nH]c2c1. The number of nitrogen functional groups attached to an aromatic ring is 1. The van der Waals surface area contributed by atoms with Crippen LogP contribution in [0.5, 0.6) is 0 Å². The van der Waals surface area contributed by atoms with Crippen molar-refractivity contribution in [2.75, 3.05) is 5.73 Å². The van der Waals surface area contributed by atoms with Crippen molar-refractivity contribution in [1.29, 1.82) is 0 Å². The van der Waals surface area contributed by atoms with Gasteiger partial charge < -0.3 is 15.1 Å². The molecule has 2 aromatic heterocycles. The number of nitrogens with zero attached hydrogens (tertiary/aromatic N) is 1. The Morgan fingerprint density at radius 2 is 2.29 bits per heavy atom. The van der Waals surface area contributed by atoms with Crippen molar-refractivity contribution in [2.45, 2.75) is 10.9 Å². The van der Waals surface area contributed by atoms with E-state index in [4.69, 9.17) is 10.2 Å². The molecule has 0 atom stereocenters. The lowest BCUT2D eigenvalue weighted by atomic mass is 10.3. The van der Waals surface area contributed by atoms with Crippen molar-refractivity contribution in [3.8, 4) is 0 Å². The van der Waals surface area contributed by atoms with Crippen LogP contribution in [-0.4, -0.2) is 9.97 Å². The van der Waals surface area contributed by atoms with E-state index in [0.717, 1.165) is 33.2 Å². The second-order valence-corrected chi connectivity index (χ2v) is 4.70. The number of fused-ring (bicyclic) bond motifs is 1. The van der Waals surface area contributed by atoms with Crippen LogP contribution in [0.25, 0.3) is 11.0 Å². The average Bonchev–Trinajstić information content (AvgIpc) is 2.94. The molecule has 0 bridgehead atoms. The molecule has 0 amide bonds. The van der Waals surface area contributed by atoms with Crippen molar-refractivity contribution in [3.63, 3.8) is 0 Å². The number of aromatic amines is 1. The Hall–Kier alpha value is -1.88. The van der Waals surface area contributed by atoms with Gasteiger partial charge >= 0.3 is 0 Å². The number of furan rings is 1. The van der Waals surface area contributed by atoms with Crippen LogP contribution in [-0.2, 0) is 5.75 Å². The summed E-state index contributed by atoms with van der Waals surface area (Å²) in [5, 5.41) is 0.895. The maximum atomic E-state index is 5.72. The Morgan fingerprint density at radius 3 is 3.12 bits per heavy atom. The van der Waals surface area contributed by atoms with Gasteiger partial charge in [0.05, 0.1) is 23.6 Å². The van der Waals surface area contributed by atoms with Crippen molar-refractivity contribution >= 4 is 28.5 Å². The molecule has 0 saturated carbocycles. The fraction of sp³-hybridized carbons (Fsp3) is 0.0833. The second kappa shape index (κ2) is 4.18. The molecule has 2 heterocycles. The molecule has 4 nitrogen and oxygen atoms in total. The number of hydrogen-bond acceptors (Lipinski definition) is 4. The monoisotopic (exact) mass is 245 g/mol. The number of nitrogens with two attached hydrogens (primary N) is 1. The summed E-state index contributed by atoms with van der Waals surface area (Å²) in [7, 11) is 0.